The number of rotatable bonds is 2. The Kier molecular flexibility index (Phi) is 3.42. The van der Waals surface area contributed by atoms with Crippen LogP contribution in [0.3, 0.4) is 0 Å². The van der Waals surface area contributed by atoms with Crippen LogP contribution < -0.4 is 5.32 Å². The average Bonchev–Trinajstić information content (AvgIpc) is 2.07. The summed E-state index contributed by atoms with van der Waals surface area (Å²) in [6, 6.07) is 0. The zero-order valence-electron chi connectivity index (χ0n) is 8.52. The molecule has 1 amide bonds. The maximum absolute atomic E-state index is 13.3. The maximum atomic E-state index is 13.3. The molecular formula is C9H16F2N2O. The third-order valence-electron chi connectivity index (χ3n) is 2.55. The lowest BCUT2D eigenvalue weighted by Gasteiger charge is -2.36. The van der Waals surface area contributed by atoms with E-state index < -0.39 is 11.8 Å². The van der Waals surface area contributed by atoms with E-state index in [4.69, 9.17) is 0 Å². The Balaban J connectivity index is 2.49. The van der Waals surface area contributed by atoms with Crippen molar-refractivity contribution in [3.05, 3.63) is 0 Å². The van der Waals surface area contributed by atoms with Gasteiger partial charge >= 0.3 is 0 Å². The lowest BCUT2D eigenvalue weighted by atomic mass is 9.94. The van der Waals surface area contributed by atoms with E-state index in [1.807, 2.05) is 11.9 Å². The molecule has 1 aliphatic rings. The van der Waals surface area contributed by atoms with E-state index >= 15 is 0 Å². The van der Waals surface area contributed by atoms with Crippen LogP contribution in [0.25, 0.3) is 0 Å². The number of halogens is 2. The second-order valence-electron chi connectivity index (χ2n) is 3.91. The SMILES string of the molecule is CC(=O)NCC1CN(C)CCC1(F)F. The molecule has 1 aliphatic heterocycles. The van der Waals surface area contributed by atoms with Crippen LogP contribution in [0.15, 0.2) is 0 Å². The Morgan fingerprint density at radius 3 is 2.86 bits per heavy atom. The van der Waals surface area contributed by atoms with Gasteiger partial charge in [0.15, 0.2) is 0 Å². The predicted octanol–water partition coefficient (Wildman–Crippen LogP) is 0.710. The molecule has 14 heavy (non-hydrogen) atoms. The molecule has 1 fully saturated rings. The first-order chi connectivity index (χ1) is 6.42. The van der Waals surface area contributed by atoms with Gasteiger partial charge in [0, 0.05) is 33.0 Å². The summed E-state index contributed by atoms with van der Waals surface area (Å²) in [5.41, 5.74) is 0. The van der Waals surface area contributed by atoms with Gasteiger partial charge in [-0.05, 0) is 7.05 Å². The van der Waals surface area contributed by atoms with E-state index in [1.165, 1.54) is 6.92 Å². The third-order valence-corrected chi connectivity index (χ3v) is 2.55. The average molecular weight is 206 g/mol. The minimum atomic E-state index is -2.64. The summed E-state index contributed by atoms with van der Waals surface area (Å²) in [7, 11) is 1.82. The van der Waals surface area contributed by atoms with E-state index in [0.29, 0.717) is 13.1 Å². The number of likely N-dealkylation sites (tertiary alicyclic amines) is 1. The normalized spacial score (nSPS) is 27.3. The number of hydrogen-bond acceptors (Lipinski definition) is 2. The van der Waals surface area contributed by atoms with Crippen molar-refractivity contribution in [2.45, 2.75) is 19.3 Å². The zero-order valence-corrected chi connectivity index (χ0v) is 8.52. The smallest absolute Gasteiger partial charge is 0.255 e. The molecule has 5 heteroatoms. The molecule has 1 N–H and O–H groups in total. The second-order valence-corrected chi connectivity index (χ2v) is 3.91. The minimum absolute atomic E-state index is 0.0622. The van der Waals surface area contributed by atoms with Gasteiger partial charge in [0.1, 0.15) is 0 Å². The molecule has 0 aliphatic carbocycles. The van der Waals surface area contributed by atoms with Crippen molar-refractivity contribution in [1.82, 2.24) is 10.2 Å². The van der Waals surface area contributed by atoms with Gasteiger partial charge in [0.05, 0.1) is 5.92 Å². The fourth-order valence-electron chi connectivity index (χ4n) is 1.63. The van der Waals surface area contributed by atoms with Crippen LogP contribution in [0.5, 0.6) is 0 Å². The Labute approximate surface area is 82.5 Å². The zero-order chi connectivity index (χ0) is 10.8. The number of piperidine rings is 1. The highest BCUT2D eigenvalue weighted by Crippen LogP contribution is 2.32. The number of hydrogen-bond donors (Lipinski definition) is 1. The van der Waals surface area contributed by atoms with Crippen LogP contribution in [0.2, 0.25) is 0 Å². The molecule has 1 heterocycles. The van der Waals surface area contributed by atoms with Gasteiger partial charge in [0.2, 0.25) is 5.91 Å². The van der Waals surface area contributed by atoms with Crippen molar-refractivity contribution in [3.63, 3.8) is 0 Å². The van der Waals surface area contributed by atoms with Crippen LogP contribution in [-0.2, 0) is 4.79 Å². The standard InChI is InChI=1S/C9H16F2N2O/c1-7(14)12-5-8-6-13(2)4-3-9(8,10)11/h8H,3-6H2,1-2H3,(H,12,14). The molecule has 0 aromatic carbocycles. The molecule has 0 aromatic rings. The Morgan fingerprint density at radius 1 is 1.64 bits per heavy atom. The summed E-state index contributed by atoms with van der Waals surface area (Å²) in [4.78, 5) is 12.5. The molecule has 1 atom stereocenters. The van der Waals surface area contributed by atoms with E-state index in [1.54, 1.807) is 0 Å². The van der Waals surface area contributed by atoms with E-state index in [-0.39, 0.29) is 18.9 Å². The summed E-state index contributed by atoms with van der Waals surface area (Å²) in [6.45, 7) is 2.16. The summed E-state index contributed by atoms with van der Waals surface area (Å²) >= 11 is 0. The van der Waals surface area contributed by atoms with Crippen molar-refractivity contribution >= 4 is 5.91 Å². The van der Waals surface area contributed by atoms with Crippen molar-refractivity contribution in [2.24, 2.45) is 5.92 Å². The molecule has 0 spiro atoms. The fraction of sp³-hybridized carbons (Fsp3) is 0.889. The third kappa shape index (κ3) is 2.90. The summed E-state index contributed by atoms with van der Waals surface area (Å²) in [6.07, 6.45) is -0.117. The molecule has 82 valence electrons. The van der Waals surface area contributed by atoms with E-state index in [9.17, 15) is 13.6 Å². The molecule has 0 radical (unpaired) electrons. The molecule has 0 bridgehead atoms. The number of amides is 1. The molecule has 3 nitrogen and oxygen atoms in total. The van der Waals surface area contributed by atoms with Gasteiger partial charge < -0.3 is 10.2 Å². The van der Waals surface area contributed by atoms with Crippen LogP contribution in [-0.4, -0.2) is 43.4 Å². The number of nitrogens with zero attached hydrogens (tertiary/aromatic N) is 1. The van der Waals surface area contributed by atoms with Gasteiger partial charge in [-0.25, -0.2) is 8.78 Å². The molecule has 0 aromatic heterocycles. The van der Waals surface area contributed by atoms with Gasteiger partial charge in [0.25, 0.3) is 5.92 Å². The largest absolute Gasteiger partial charge is 0.356 e. The Bertz CT molecular complexity index is 221. The van der Waals surface area contributed by atoms with Gasteiger partial charge in [-0.15, -0.1) is 0 Å². The Morgan fingerprint density at radius 2 is 2.29 bits per heavy atom. The lowest BCUT2D eigenvalue weighted by Crippen LogP contribution is -2.49. The summed E-state index contributed by atoms with van der Waals surface area (Å²) in [5, 5.41) is 2.45. The monoisotopic (exact) mass is 206 g/mol. The van der Waals surface area contributed by atoms with Crippen molar-refractivity contribution in [3.8, 4) is 0 Å². The number of nitrogens with one attached hydrogen (secondary N) is 1. The lowest BCUT2D eigenvalue weighted by molar-refractivity contribution is -0.122. The predicted molar refractivity (Wildman–Crippen MR) is 49.2 cm³/mol. The first-order valence-electron chi connectivity index (χ1n) is 4.72. The summed E-state index contributed by atoms with van der Waals surface area (Å²) in [5.74, 6) is -3.66. The van der Waals surface area contributed by atoms with Gasteiger partial charge in [-0.1, -0.05) is 0 Å². The first-order valence-corrected chi connectivity index (χ1v) is 4.72. The van der Waals surface area contributed by atoms with Crippen LogP contribution in [0.4, 0.5) is 8.78 Å². The molecule has 1 saturated heterocycles. The molecular weight excluding hydrogens is 190 g/mol. The van der Waals surface area contributed by atoms with Crippen LogP contribution >= 0.6 is 0 Å². The van der Waals surface area contributed by atoms with Crippen molar-refractivity contribution < 1.29 is 13.6 Å². The van der Waals surface area contributed by atoms with E-state index in [2.05, 4.69) is 5.32 Å². The van der Waals surface area contributed by atoms with Crippen molar-refractivity contribution in [2.75, 3.05) is 26.7 Å². The fourth-order valence-corrected chi connectivity index (χ4v) is 1.63. The highest BCUT2D eigenvalue weighted by atomic mass is 19.3. The summed E-state index contributed by atoms with van der Waals surface area (Å²) < 4.78 is 26.6. The quantitative estimate of drug-likeness (QED) is 0.721. The molecule has 0 saturated carbocycles. The maximum Gasteiger partial charge on any atom is 0.255 e. The number of alkyl halides is 2. The van der Waals surface area contributed by atoms with E-state index in [0.717, 1.165) is 0 Å². The second kappa shape index (κ2) is 4.21. The van der Waals surface area contributed by atoms with Crippen LogP contribution in [0, 0.1) is 5.92 Å². The van der Waals surface area contributed by atoms with Gasteiger partial charge in [-0.3, -0.25) is 4.79 Å². The molecule has 1 unspecified atom stereocenters. The van der Waals surface area contributed by atoms with Crippen molar-refractivity contribution in [1.29, 1.82) is 0 Å². The Hall–Kier alpha value is -0.710. The topological polar surface area (TPSA) is 32.3 Å². The van der Waals surface area contributed by atoms with Gasteiger partial charge in [-0.2, -0.15) is 0 Å². The van der Waals surface area contributed by atoms with Crippen LogP contribution in [0.1, 0.15) is 13.3 Å². The highest BCUT2D eigenvalue weighted by Gasteiger charge is 2.42. The highest BCUT2D eigenvalue weighted by molar-refractivity contribution is 5.72. The molecule has 1 rings (SSSR count). The number of carbonyl (C=O) groups is 1. The minimum Gasteiger partial charge on any atom is -0.356 e. The number of carbonyl (C=O) groups excluding carboxylic acids is 1. The first kappa shape index (κ1) is 11.4.